The number of nitrogens with one attached hydrogen (secondary N) is 1. The van der Waals surface area contributed by atoms with Crippen LogP contribution in [-0.2, 0) is 0 Å². The molecular weight excluding hydrogens is 202 g/mol. The highest BCUT2D eigenvalue weighted by Crippen LogP contribution is 2.18. The van der Waals surface area contributed by atoms with Gasteiger partial charge in [-0.15, -0.1) is 0 Å². The number of nitrogens with zero attached hydrogens (tertiary/aromatic N) is 2. The summed E-state index contributed by atoms with van der Waals surface area (Å²) in [6.45, 7) is 6.24. The minimum absolute atomic E-state index is 0.205. The first kappa shape index (κ1) is 11.7. The molecule has 2 fully saturated rings. The summed E-state index contributed by atoms with van der Waals surface area (Å²) in [7, 11) is 1.90. The van der Waals surface area contributed by atoms with Crippen molar-refractivity contribution in [3.63, 3.8) is 0 Å². The van der Waals surface area contributed by atoms with E-state index in [1.807, 2.05) is 16.8 Å². The highest BCUT2D eigenvalue weighted by atomic mass is 16.2. The van der Waals surface area contributed by atoms with Crippen LogP contribution in [0.3, 0.4) is 0 Å². The van der Waals surface area contributed by atoms with Gasteiger partial charge in [0, 0.05) is 26.2 Å². The third-order valence-corrected chi connectivity index (χ3v) is 3.92. The molecule has 1 N–H and O–H groups in total. The van der Waals surface area contributed by atoms with Gasteiger partial charge in [-0.05, 0) is 45.2 Å². The summed E-state index contributed by atoms with van der Waals surface area (Å²) in [5, 5.41) is 3.43. The van der Waals surface area contributed by atoms with Gasteiger partial charge in [0.05, 0.1) is 0 Å². The van der Waals surface area contributed by atoms with Gasteiger partial charge in [-0.3, -0.25) is 0 Å². The van der Waals surface area contributed by atoms with Crippen LogP contribution < -0.4 is 5.32 Å². The maximum atomic E-state index is 11.8. The van der Waals surface area contributed by atoms with E-state index >= 15 is 0 Å². The average Bonchev–Trinajstić information content (AvgIpc) is 2.56. The van der Waals surface area contributed by atoms with Crippen LogP contribution in [0.1, 0.15) is 26.2 Å². The van der Waals surface area contributed by atoms with Gasteiger partial charge in [-0.25, -0.2) is 4.79 Å². The second-order valence-electron chi connectivity index (χ2n) is 5.19. The number of likely N-dealkylation sites (N-methyl/N-ethyl adjacent to an activating group) is 1. The molecule has 4 nitrogen and oxygen atoms in total. The Kier molecular flexibility index (Phi) is 3.69. The largest absolute Gasteiger partial charge is 0.323 e. The summed E-state index contributed by atoms with van der Waals surface area (Å²) in [5.74, 6) is 0.766. The highest BCUT2D eigenvalue weighted by molar-refractivity contribution is 5.76. The number of hydrogen-bond donors (Lipinski definition) is 1. The average molecular weight is 225 g/mol. The van der Waals surface area contributed by atoms with Crippen LogP contribution in [0.4, 0.5) is 4.79 Å². The zero-order valence-electron chi connectivity index (χ0n) is 10.4. The number of rotatable bonds is 3. The Labute approximate surface area is 98.0 Å². The van der Waals surface area contributed by atoms with Gasteiger partial charge in [0.25, 0.3) is 0 Å². The number of carbonyl (C=O) groups is 1. The maximum Gasteiger partial charge on any atom is 0.320 e. The van der Waals surface area contributed by atoms with Crippen LogP contribution in [0.25, 0.3) is 0 Å². The van der Waals surface area contributed by atoms with Gasteiger partial charge in [-0.1, -0.05) is 0 Å². The van der Waals surface area contributed by atoms with E-state index in [0.717, 1.165) is 32.0 Å². The zero-order valence-corrected chi connectivity index (χ0v) is 10.4. The van der Waals surface area contributed by atoms with Gasteiger partial charge >= 0.3 is 6.03 Å². The second kappa shape index (κ2) is 5.04. The van der Waals surface area contributed by atoms with E-state index in [4.69, 9.17) is 0 Å². The van der Waals surface area contributed by atoms with Crippen LogP contribution in [0.15, 0.2) is 0 Å². The van der Waals surface area contributed by atoms with E-state index in [1.165, 1.54) is 19.4 Å². The van der Waals surface area contributed by atoms with Gasteiger partial charge in [0.15, 0.2) is 0 Å². The highest BCUT2D eigenvalue weighted by Gasteiger charge is 2.31. The third kappa shape index (κ3) is 2.48. The lowest BCUT2D eigenvalue weighted by Gasteiger charge is -2.25. The molecule has 2 saturated heterocycles. The first-order valence-electron chi connectivity index (χ1n) is 6.41. The molecule has 0 aromatic carbocycles. The Hall–Kier alpha value is -0.770. The van der Waals surface area contributed by atoms with Gasteiger partial charge in [-0.2, -0.15) is 0 Å². The molecule has 92 valence electrons. The summed E-state index contributed by atoms with van der Waals surface area (Å²) in [5.41, 5.74) is 0. The summed E-state index contributed by atoms with van der Waals surface area (Å²) >= 11 is 0. The molecule has 16 heavy (non-hydrogen) atoms. The molecule has 2 aliphatic heterocycles. The lowest BCUT2D eigenvalue weighted by molar-refractivity contribution is 0.192. The molecular formula is C12H23N3O. The summed E-state index contributed by atoms with van der Waals surface area (Å²) in [4.78, 5) is 15.7. The van der Waals surface area contributed by atoms with Gasteiger partial charge in [0.2, 0.25) is 0 Å². The first-order chi connectivity index (χ1) is 7.68. The number of carbonyl (C=O) groups excluding carboxylic acids is 1. The van der Waals surface area contributed by atoms with Gasteiger partial charge in [0.1, 0.15) is 0 Å². The summed E-state index contributed by atoms with van der Waals surface area (Å²) in [6, 6.07) is 0.577. The van der Waals surface area contributed by atoms with Crippen LogP contribution >= 0.6 is 0 Å². The molecule has 2 heterocycles. The normalized spacial score (nSPS) is 31.2. The van der Waals surface area contributed by atoms with Crippen molar-refractivity contribution in [3.05, 3.63) is 0 Å². The van der Waals surface area contributed by atoms with E-state index in [1.54, 1.807) is 0 Å². The Morgan fingerprint density at radius 2 is 2.31 bits per heavy atom. The molecule has 2 unspecified atom stereocenters. The fraction of sp³-hybridized carbons (Fsp3) is 0.917. The molecule has 0 aromatic rings. The zero-order chi connectivity index (χ0) is 11.5. The van der Waals surface area contributed by atoms with Crippen molar-refractivity contribution in [2.24, 2.45) is 5.92 Å². The van der Waals surface area contributed by atoms with Crippen LogP contribution in [0.2, 0.25) is 0 Å². The third-order valence-electron chi connectivity index (χ3n) is 3.92. The molecule has 2 rings (SSSR count). The molecule has 2 atom stereocenters. The minimum atomic E-state index is 0.205. The number of amides is 2. The van der Waals surface area contributed by atoms with Crippen LogP contribution in [0, 0.1) is 5.92 Å². The standard InChI is InChI=1S/C12H23N3O/c1-10-9-15(12(16)14(10)2)7-5-11-4-3-6-13-8-11/h10-11,13H,3-9H2,1-2H3. The lowest BCUT2D eigenvalue weighted by atomic mass is 9.96. The molecule has 4 heteroatoms. The fourth-order valence-electron chi connectivity index (χ4n) is 2.63. The van der Waals surface area contributed by atoms with Crippen LogP contribution in [0.5, 0.6) is 0 Å². The Morgan fingerprint density at radius 3 is 2.88 bits per heavy atom. The quantitative estimate of drug-likeness (QED) is 0.781. The molecule has 2 amide bonds. The SMILES string of the molecule is CC1CN(CCC2CCCNC2)C(=O)N1C. The van der Waals surface area contributed by atoms with Crippen molar-refractivity contribution < 1.29 is 4.79 Å². The van der Waals surface area contributed by atoms with Crippen molar-refractivity contribution in [3.8, 4) is 0 Å². The van der Waals surface area contributed by atoms with Crippen LogP contribution in [-0.4, -0.2) is 55.1 Å². The fourth-order valence-corrected chi connectivity index (χ4v) is 2.63. The minimum Gasteiger partial charge on any atom is -0.323 e. The molecule has 0 aromatic heterocycles. The van der Waals surface area contributed by atoms with Crippen molar-refractivity contribution in [2.75, 3.05) is 33.2 Å². The number of piperidine rings is 1. The van der Waals surface area contributed by atoms with Crippen molar-refractivity contribution in [1.82, 2.24) is 15.1 Å². The van der Waals surface area contributed by atoms with E-state index in [2.05, 4.69) is 12.2 Å². The lowest BCUT2D eigenvalue weighted by Crippen LogP contribution is -2.35. The number of hydrogen-bond acceptors (Lipinski definition) is 2. The van der Waals surface area contributed by atoms with Crippen molar-refractivity contribution >= 4 is 6.03 Å². The second-order valence-corrected chi connectivity index (χ2v) is 5.19. The van der Waals surface area contributed by atoms with E-state index in [0.29, 0.717) is 6.04 Å². The monoisotopic (exact) mass is 225 g/mol. The Morgan fingerprint density at radius 1 is 1.50 bits per heavy atom. The van der Waals surface area contributed by atoms with E-state index in [-0.39, 0.29) is 6.03 Å². The molecule has 0 aliphatic carbocycles. The van der Waals surface area contributed by atoms with E-state index in [9.17, 15) is 4.79 Å². The topological polar surface area (TPSA) is 35.6 Å². The maximum absolute atomic E-state index is 11.8. The molecule has 0 radical (unpaired) electrons. The summed E-state index contributed by atoms with van der Waals surface area (Å²) in [6.07, 6.45) is 3.76. The molecule has 0 saturated carbocycles. The predicted octanol–water partition coefficient (Wildman–Crippen LogP) is 1.13. The summed E-state index contributed by atoms with van der Waals surface area (Å²) < 4.78 is 0. The Balaban J connectivity index is 1.75. The molecule has 0 bridgehead atoms. The molecule has 0 spiro atoms. The van der Waals surface area contributed by atoms with Crippen molar-refractivity contribution in [1.29, 1.82) is 0 Å². The predicted molar refractivity (Wildman–Crippen MR) is 64.4 cm³/mol. The molecule has 2 aliphatic rings. The first-order valence-corrected chi connectivity index (χ1v) is 6.41. The number of urea groups is 1. The van der Waals surface area contributed by atoms with Crippen molar-refractivity contribution in [2.45, 2.75) is 32.2 Å². The smallest absolute Gasteiger partial charge is 0.320 e. The Bertz CT molecular complexity index is 251. The van der Waals surface area contributed by atoms with E-state index < -0.39 is 0 Å². The van der Waals surface area contributed by atoms with Gasteiger partial charge < -0.3 is 15.1 Å².